The number of nitrogens with zero attached hydrogens (tertiary/aromatic N) is 3. The number of nitrogens with two attached hydrogens (primary N) is 1. The van der Waals surface area contributed by atoms with Crippen molar-refractivity contribution in [2.75, 3.05) is 11.1 Å². The fourth-order valence-corrected chi connectivity index (χ4v) is 1.35. The van der Waals surface area contributed by atoms with Crippen molar-refractivity contribution < 1.29 is 4.79 Å². The number of imidazole rings is 1. The van der Waals surface area contributed by atoms with Gasteiger partial charge in [0, 0.05) is 13.2 Å². The zero-order valence-corrected chi connectivity index (χ0v) is 9.64. The molecule has 0 saturated carbocycles. The maximum atomic E-state index is 11.8. The standard InChI is InChI=1S/C11H13N5O/c1-7-3-10(13-4-8(7)12)15-11(17)9-5-16(2)6-14-9/h3-6H,12H2,1-2H3,(H,13,15,17). The number of pyridine rings is 1. The first kappa shape index (κ1) is 11.1. The van der Waals surface area contributed by atoms with Crippen LogP contribution in [0.1, 0.15) is 16.1 Å². The molecule has 0 aliphatic rings. The van der Waals surface area contributed by atoms with Crippen LogP contribution in [0.3, 0.4) is 0 Å². The summed E-state index contributed by atoms with van der Waals surface area (Å²) in [4.78, 5) is 19.7. The van der Waals surface area contributed by atoms with Crippen LogP contribution >= 0.6 is 0 Å². The van der Waals surface area contributed by atoms with Crippen molar-refractivity contribution in [1.29, 1.82) is 0 Å². The summed E-state index contributed by atoms with van der Waals surface area (Å²) in [6, 6.07) is 1.72. The van der Waals surface area contributed by atoms with Gasteiger partial charge in [0.25, 0.3) is 5.91 Å². The highest BCUT2D eigenvalue weighted by Gasteiger charge is 2.09. The molecule has 0 atom stereocenters. The van der Waals surface area contributed by atoms with Gasteiger partial charge in [0.15, 0.2) is 0 Å². The van der Waals surface area contributed by atoms with Gasteiger partial charge in [0.1, 0.15) is 11.5 Å². The van der Waals surface area contributed by atoms with Gasteiger partial charge in [-0.2, -0.15) is 0 Å². The lowest BCUT2D eigenvalue weighted by Crippen LogP contribution is -2.13. The summed E-state index contributed by atoms with van der Waals surface area (Å²) in [5, 5.41) is 2.66. The van der Waals surface area contributed by atoms with Crippen LogP contribution in [0.5, 0.6) is 0 Å². The van der Waals surface area contributed by atoms with Crippen LogP contribution in [0.2, 0.25) is 0 Å². The largest absolute Gasteiger partial charge is 0.397 e. The first-order valence-corrected chi connectivity index (χ1v) is 5.07. The van der Waals surface area contributed by atoms with Crippen LogP contribution in [-0.2, 0) is 7.05 Å². The second-order valence-electron chi connectivity index (χ2n) is 3.80. The molecule has 0 aromatic carbocycles. The fourth-order valence-electron chi connectivity index (χ4n) is 1.35. The van der Waals surface area contributed by atoms with Crippen molar-refractivity contribution in [2.45, 2.75) is 6.92 Å². The maximum Gasteiger partial charge on any atom is 0.276 e. The van der Waals surface area contributed by atoms with Gasteiger partial charge in [0.2, 0.25) is 0 Å². The van der Waals surface area contributed by atoms with E-state index in [0.29, 0.717) is 17.2 Å². The number of carbonyl (C=O) groups excluding carboxylic acids is 1. The molecule has 2 aromatic heterocycles. The minimum absolute atomic E-state index is 0.290. The van der Waals surface area contributed by atoms with E-state index >= 15 is 0 Å². The lowest BCUT2D eigenvalue weighted by Gasteiger charge is -2.04. The zero-order chi connectivity index (χ0) is 12.4. The highest BCUT2D eigenvalue weighted by atomic mass is 16.1. The van der Waals surface area contributed by atoms with Gasteiger partial charge in [-0.25, -0.2) is 9.97 Å². The summed E-state index contributed by atoms with van der Waals surface area (Å²) >= 11 is 0. The maximum absolute atomic E-state index is 11.8. The number of nitrogen functional groups attached to an aromatic ring is 1. The van der Waals surface area contributed by atoms with Gasteiger partial charge >= 0.3 is 0 Å². The van der Waals surface area contributed by atoms with Gasteiger partial charge in [-0.1, -0.05) is 0 Å². The molecule has 0 aliphatic carbocycles. The predicted molar refractivity (Wildman–Crippen MR) is 64.5 cm³/mol. The molecule has 17 heavy (non-hydrogen) atoms. The van der Waals surface area contributed by atoms with Crippen molar-refractivity contribution >= 4 is 17.4 Å². The summed E-state index contributed by atoms with van der Waals surface area (Å²) in [5.41, 5.74) is 7.46. The summed E-state index contributed by atoms with van der Waals surface area (Å²) in [6.45, 7) is 1.85. The zero-order valence-electron chi connectivity index (χ0n) is 9.64. The topological polar surface area (TPSA) is 85.8 Å². The minimum Gasteiger partial charge on any atom is -0.397 e. The molecule has 88 valence electrons. The SMILES string of the molecule is Cc1cc(NC(=O)c2cn(C)cn2)ncc1N. The van der Waals surface area contributed by atoms with E-state index in [4.69, 9.17) is 5.73 Å². The average molecular weight is 231 g/mol. The Kier molecular flexibility index (Phi) is 2.78. The molecule has 2 rings (SSSR count). The van der Waals surface area contributed by atoms with Crippen molar-refractivity contribution in [3.05, 3.63) is 36.0 Å². The number of carbonyl (C=O) groups is 1. The van der Waals surface area contributed by atoms with Crippen molar-refractivity contribution in [2.24, 2.45) is 7.05 Å². The van der Waals surface area contributed by atoms with Crippen molar-refractivity contribution in [3.63, 3.8) is 0 Å². The molecule has 0 spiro atoms. The van der Waals surface area contributed by atoms with Crippen LogP contribution in [-0.4, -0.2) is 20.4 Å². The first-order valence-electron chi connectivity index (χ1n) is 5.07. The van der Waals surface area contributed by atoms with E-state index in [0.717, 1.165) is 5.56 Å². The Morgan fingerprint density at radius 2 is 2.24 bits per heavy atom. The molecule has 0 bridgehead atoms. The van der Waals surface area contributed by atoms with Gasteiger partial charge in [-0.05, 0) is 18.6 Å². The number of aromatic nitrogens is 3. The van der Waals surface area contributed by atoms with Gasteiger partial charge < -0.3 is 15.6 Å². The molecule has 0 unspecified atom stereocenters. The van der Waals surface area contributed by atoms with Crippen LogP contribution < -0.4 is 11.1 Å². The van der Waals surface area contributed by atoms with E-state index in [2.05, 4.69) is 15.3 Å². The number of amides is 1. The Hall–Kier alpha value is -2.37. The molecule has 0 fully saturated rings. The van der Waals surface area contributed by atoms with Gasteiger partial charge in [-0.3, -0.25) is 4.79 Å². The molecular weight excluding hydrogens is 218 g/mol. The smallest absolute Gasteiger partial charge is 0.276 e. The van der Waals surface area contributed by atoms with Crippen LogP contribution in [0.4, 0.5) is 11.5 Å². The van der Waals surface area contributed by atoms with Gasteiger partial charge in [0.05, 0.1) is 18.2 Å². The molecule has 0 radical (unpaired) electrons. The van der Waals surface area contributed by atoms with E-state index < -0.39 is 0 Å². The third-order valence-corrected chi connectivity index (χ3v) is 2.33. The van der Waals surface area contributed by atoms with E-state index in [1.807, 2.05) is 6.92 Å². The summed E-state index contributed by atoms with van der Waals surface area (Å²) in [6.07, 6.45) is 4.72. The second-order valence-corrected chi connectivity index (χ2v) is 3.80. The van der Waals surface area contributed by atoms with E-state index in [1.54, 1.807) is 30.2 Å². The normalized spacial score (nSPS) is 10.2. The quantitative estimate of drug-likeness (QED) is 0.806. The fraction of sp³-hybridized carbons (Fsp3) is 0.182. The minimum atomic E-state index is -0.290. The second kappa shape index (κ2) is 4.25. The van der Waals surface area contributed by atoms with Crippen molar-refractivity contribution in [1.82, 2.24) is 14.5 Å². The number of rotatable bonds is 2. The van der Waals surface area contributed by atoms with E-state index in [-0.39, 0.29) is 5.91 Å². The number of hydrogen-bond donors (Lipinski definition) is 2. The molecule has 0 aliphatic heterocycles. The molecule has 0 saturated heterocycles. The summed E-state index contributed by atoms with van der Waals surface area (Å²) < 4.78 is 1.70. The Labute approximate surface area is 98.5 Å². The third kappa shape index (κ3) is 2.41. The van der Waals surface area contributed by atoms with Crippen LogP contribution in [0.25, 0.3) is 0 Å². The number of aryl methyl sites for hydroxylation is 2. The Balaban J connectivity index is 2.15. The molecule has 1 amide bonds. The predicted octanol–water partition coefficient (Wildman–Crippen LogP) is 0.958. The molecule has 3 N–H and O–H groups in total. The third-order valence-electron chi connectivity index (χ3n) is 2.33. The monoisotopic (exact) mass is 231 g/mol. The average Bonchev–Trinajstić information content (AvgIpc) is 2.70. The molecule has 6 heteroatoms. The first-order chi connectivity index (χ1) is 8.06. The van der Waals surface area contributed by atoms with Crippen molar-refractivity contribution in [3.8, 4) is 0 Å². The molecular formula is C11H13N5O. The molecule has 2 heterocycles. The lowest BCUT2D eigenvalue weighted by atomic mass is 10.2. The Bertz CT molecular complexity index is 561. The lowest BCUT2D eigenvalue weighted by molar-refractivity contribution is 0.102. The van der Waals surface area contributed by atoms with Crippen LogP contribution in [0.15, 0.2) is 24.8 Å². The van der Waals surface area contributed by atoms with Gasteiger partial charge in [-0.15, -0.1) is 0 Å². The Morgan fingerprint density at radius 1 is 1.47 bits per heavy atom. The molecule has 6 nitrogen and oxygen atoms in total. The van der Waals surface area contributed by atoms with Crippen LogP contribution in [0, 0.1) is 6.92 Å². The highest BCUT2D eigenvalue weighted by molar-refractivity contribution is 6.02. The molecule has 2 aromatic rings. The van der Waals surface area contributed by atoms with E-state index in [1.165, 1.54) is 6.20 Å². The Morgan fingerprint density at radius 3 is 2.82 bits per heavy atom. The number of nitrogens with one attached hydrogen (secondary N) is 1. The highest BCUT2D eigenvalue weighted by Crippen LogP contribution is 2.13. The summed E-state index contributed by atoms with van der Waals surface area (Å²) in [7, 11) is 1.80. The number of anilines is 2. The summed E-state index contributed by atoms with van der Waals surface area (Å²) in [5.74, 6) is 0.176. The number of hydrogen-bond acceptors (Lipinski definition) is 4. The van der Waals surface area contributed by atoms with E-state index in [9.17, 15) is 4.79 Å².